The van der Waals surface area contributed by atoms with Crippen LogP contribution in [0.2, 0.25) is 0 Å². The molecule has 1 aliphatic heterocycles. The summed E-state index contributed by atoms with van der Waals surface area (Å²) in [5.74, 6) is -0.422. The van der Waals surface area contributed by atoms with Crippen molar-refractivity contribution < 1.29 is 23.4 Å². The van der Waals surface area contributed by atoms with Crippen LogP contribution in [0, 0.1) is 10.8 Å². The minimum atomic E-state index is -0.822. The number of ether oxygens (including phenoxy) is 1. The smallest absolute Gasteiger partial charge is 0.374 e. The lowest BCUT2D eigenvalue weighted by Crippen LogP contribution is -2.47. The summed E-state index contributed by atoms with van der Waals surface area (Å²) in [4.78, 5) is 25.4. The van der Waals surface area contributed by atoms with Crippen molar-refractivity contribution in [1.82, 2.24) is 0 Å². The second kappa shape index (κ2) is 7.70. The first-order valence-corrected chi connectivity index (χ1v) is 10.2. The number of hydrogen-bond acceptors (Lipinski definition) is 5. The van der Waals surface area contributed by atoms with Crippen LogP contribution in [0.5, 0.6) is 0 Å². The molecule has 6 heteroatoms. The van der Waals surface area contributed by atoms with Gasteiger partial charge in [0.15, 0.2) is 5.76 Å². The maximum atomic E-state index is 12.9. The van der Waals surface area contributed by atoms with Crippen molar-refractivity contribution >= 4 is 19.2 Å². The van der Waals surface area contributed by atoms with E-state index in [2.05, 4.69) is 27.7 Å². The highest BCUT2D eigenvalue weighted by Gasteiger charge is 2.40. The van der Waals surface area contributed by atoms with E-state index in [1.165, 1.54) is 6.07 Å². The van der Waals surface area contributed by atoms with Gasteiger partial charge in [0.1, 0.15) is 5.50 Å². The highest BCUT2D eigenvalue weighted by atomic mass is 16.6. The molecular formula is C22H35BO5. The maximum Gasteiger partial charge on any atom is 0.374 e. The molecule has 0 N–H and O–H groups in total. The number of rotatable bonds is 0. The van der Waals surface area contributed by atoms with Gasteiger partial charge >= 0.3 is 13.5 Å². The van der Waals surface area contributed by atoms with Crippen LogP contribution in [0.3, 0.4) is 0 Å². The van der Waals surface area contributed by atoms with Crippen LogP contribution < -0.4 is 0 Å². The lowest BCUT2D eigenvalue weighted by Gasteiger charge is -2.43. The average molecular weight is 390 g/mol. The first kappa shape index (κ1) is 22.7. The average Bonchev–Trinajstić information content (AvgIpc) is 3.05. The molecule has 0 aliphatic carbocycles. The van der Waals surface area contributed by atoms with E-state index in [9.17, 15) is 9.59 Å². The molecule has 1 aromatic heterocycles. The van der Waals surface area contributed by atoms with Crippen LogP contribution in [0.25, 0.3) is 0 Å². The van der Waals surface area contributed by atoms with Gasteiger partial charge in [-0.25, -0.2) is 4.79 Å². The standard InChI is InChI=1S/C22H35BO5/c1-19(2)13-9-10-14-20(3,4)21(5,6)28-23-22(7,8)27-18(25)16-12-11-15(26-16)17(19)24/h11-12,23H,9-10,13-14H2,1-8H3. The molecule has 0 amide bonds. The van der Waals surface area contributed by atoms with Gasteiger partial charge < -0.3 is 13.8 Å². The SMILES string of the molecule is CC1(C)BOC(C)(C)C(C)(C)CCCCC(C)(C)C(=O)c2ccc(o2)C(=O)O1. The van der Waals surface area contributed by atoms with Crippen molar-refractivity contribution in [1.29, 1.82) is 0 Å². The summed E-state index contributed by atoms with van der Waals surface area (Å²) in [5.41, 5.74) is -1.83. The van der Waals surface area contributed by atoms with E-state index in [4.69, 9.17) is 13.8 Å². The minimum absolute atomic E-state index is 0.0407. The first-order chi connectivity index (χ1) is 12.7. The summed E-state index contributed by atoms with van der Waals surface area (Å²) in [6.45, 7) is 16.1. The van der Waals surface area contributed by atoms with Gasteiger partial charge in [-0.15, -0.1) is 0 Å². The molecule has 0 aromatic carbocycles. The van der Waals surface area contributed by atoms with Gasteiger partial charge in [-0.3, -0.25) is 4.79 Å². The Labute approximate surface area is 169 Å². The van der Waals surface area contributed by atoms with Crippen LogP contribution in [-0.2, 0) is 9.39 Å². The quantitative estimate of drug-likeness (QED) is 0.454. The summed E-state index contributed by atoms with van der Waals surface area (Å²) >= 11 is 0. The monoisotopic (exact) mass is 390 g/mol. The minimum Gasteiger partial charge on any atom is -0.460 e. The van der Waals surface area contributed by atoms with Crippen molar-refractivity contribution in [2.24, 2.45) is 10.8 Å². The molecule has 2 rings (SSSR count). The van der Waals surface area contributed by atoms with Crippen LogP contribution in [0.15, 0.2) is 16.5 Å². The maximum absolute atomic E-state index is 12.9. The summed E-state index contributed by atoms with van der Waals surface area (Å²) < 4.78 is 17.4. The normalized spacial score (nSPS) is 24.9. The number of hydrogen-bond donors (Lipinski definition) is 0. The number of fused-ring (bicyclic) bond motifs is 2. The number of cyclic esters (lactones) is 1. The van der Waals surface area contributed by atoms with Crippen molar-refractivity contribution in [2.45, 2.75) is 92.2 Å². The summed E-state index contributed by atoms with van der Waals surface area (Å²) in [5, 5.41) is 0. The number of carbonyl (C=O) groups is 2. The zero-order chi connectivity index (χ0) is 21.4. The Morgan fingerprint density at radius 2 is 1.43 bits per heavy atom. The van der Waals surface area contributed by atoms with E-state index in [0.29, 0.717) is 0 Å². The molecule has 0 unspecified atom stereocenters. The molecule has 0 saturated carbocycles. The third kappa shape index (κ3) is 5.08. The predicted octanol–water partition coefficient (Wildman–Crippen LogP) is 5.13. The number of carbonyl (C=O) groups excluding carboxylic acids is 2. The molecule has 156 valence electrons. The molecule has 0 radical (unpaired) electrons. The fourth-order valence-corrected chi connectivity index (χ4v) is 3.33. The zero-order valence-electron chi connectivity index (χ0n) is 18.7. The molecule has 28 heavy (non-hydrogen) atoms. The van der Waals surface area contributed by atoms with E-state index < -0.39 is 22.5 Å². The van der Waals surface area contributed by atoms with Gasteiger partial charge in [0.25, 0.3) is 0 Å². The molecule has 1 aliphatic rings. The summed E-state index contributed by atoms with van der Waals surface area (Å²) in [6.07, 6.45) is 3.70. The Morgan fingerprint density at radius 3 is 2.07 bits per heavy atom. The molecular weight excluding hydrogens is 355 g/mol. The topological polar surface area (TPSA) is 65.7 Å². The Bertz CT molecular complexity index is 727. The molecule has 2 heterocycles. The Morgan fingerprint density at radius 1 is 0.857 bits per heavy atom. The van der Waals surface area contributed by atoms with E-state index in [1.807, 2.05) is 27.7 Å². The van der Waals surface area contributed by atoms with Crippen molar-refractivity contribution in [3.8, 4) is 0 Å². The van der Waals surface area contributed by atoms with Crippen LogP contribution in [0.1, 0.15) is 102 Å². The first-order valence-electron chi connectivity index (χ1n) is 10.2. The van der Waals surface area contributed by atoms with Gasteiger partial charge in [-0.1, -0.05) is 40.5 Å². The zero-order valence-corrected chi connectivity index (χ0v) is 18.7. The lowest BCUT2D eigenvalue weighted by molar-refractivity contribution is -0.0325. The van der Waals surface area contributed by atoms with E-state index in [-0.39, 0.29) is 30.2 Å². The summed E-state index contributed by atoms with van der Waals surface area (Å²) in [6, 6.07) is 3.07. The van der Waals surface area contributed by atoms with Crippen LogP contribution in [-0.4, -0.2) is 30.3 Å². The largest absolute Gasteiger partial charge is 0.460 e. The fourth-order valence-electron chi connectivity index (χ4n) is 3.33. The third-order valence-electron chi connectivity index (χ3n) is 6.28. The Balaban J connectivity index is 2.34. The van der Waals surface area contributed by atoms with Gasteiger partial charge in [0.2, 0.25) is 11.5 Å². The Kier molecular flexibility index (Phi) is 6.25. The second-order valence-electron chi connectivity index (χ2n) is 10.4. The third-order valence-corrected chi connectivity index (χ3v) is 6.28. The van der Waals surface area contributed by atoms with Gasteiger partial charge in [-0.05, 0) is 58.1 Å². The highest BCUT2D eigenvalue weighted by Crippen LogP contribution is 2.40. The van der Waals surface area contributed by atoms with Gasteiger partial charge in [0.05, 0.1) is 5.60 Å². The van der Waals surface area contributed by atoms with Crippen LogP contribution in [0.4, 0.5) is 0 Å². The van der Waals surface area contributed by atoms with Crippen LogP contribution >= 0.6 is 0 Å². The van der Waals surface area contributed by atoms with Crippen molar-refractivity contribution in [3.05, 3.63) is 23.7 Å². The number of ketones is 1. The second-order valence-corrected chi connectivity index (χ2v) is 10.4. The number of Topliss-reactive ketones (excluding diaryl/α,β-unsaturated/α-hetero) is 1. The fraction of sp³-hybridized carbons (Fsp3) is 0.727. The van der Waals surface area contributed by atoms with Gasteiger partial charge in [-0.2, -0.15) is 0 Å². The highest BCUT2D eigenvalue weighted by molar-refractivity contribution is 6.32. The Hall–Kier alpha value is -1.56. The molecule has 0 atom stereocenters. The van der Waals surface area contributed by atoms with E-state index >= 15 is 0 Å². The van der Waals surface area contributed by atoms with Crippen molar-refractivity contribution in [2.75, 3.05) is 0 Å². The lowest BCUT2D eigenvalue weighted by atomic mass is 9.70. The van der Waals surface area contributed by atoms with E-state index in [0.717, 1.165) is 25.7 Å². The van der Waals surface area contributed by atoms with Gasteiger partial charge in [0, 0.05) is 5.41 Å². The molecule has 0 spiro atoms. The number of furan rings is 1. The summed E-state index contributed by atoms with van der Waals surface area (Å²) in [7, 11) is 0.273. The molecule has 1 aromatic rings. The molecule has 0 saturated heterocycles. The molecule has 0 fully saturated rings. The molecule has 2 bridgehead atoms. The predicted molar refractivity (Wildman–Crippen MR) is 111 cm³/mol. The van der Waals surface area contributed by atoms with E-state index in [1.54, 1.807) is 6.07 Å². The van der Waals surface area contributed by atoms with Crippen molar-refractivity contribution in [3.63, 3.8) is 0 Å². The number of esters is 1. The molecule has 5 nitrogen and oxygen atoms in total.